The topological polar surface area (TPSA) is 69.6 Å². The van der Waals surface area contributed by atoms with E-state index in [2.05, 4.69) is 34.5 Å². The Kier molecular flexibility index (Phi) is 5.41. The Morgan fingerprint density at radius 3 is 2.54 bits per heavy atom. The molecule has 3 aromatic rings. The van der Waals surface area contributed by atoms with E-state index in [0.717, 1.165) is 48.2 Å². The van der Waals surface area contributed by atoms with Crippen LogP contribution in [0.5, 0.6) is 0 Å². The van der Waals surface area contributed by atoms with Gasteiger partial charge in [-0.15, -0.1) is 11.3 Å². The number of piperidine rings is 1. The molecule has 0 bridgehead atoms. The molecule has 2 N–H and O–H groups in total. The van der Waals surface area contributed by atoms with Crippen molar-refractivity contribution in [1.82, 2.24) is 4.90 Å². The van der Waals surface area contributed by atoms with E-state index in [4.69, 9.17) is 5.11 Å². The summed E-state index contributed by atoms with van der Waals surface area (Å²) in [5.74, 6) is -0.860. The quantitative estimate of drug-likeness (QED) is 0.671. The van der Waals surface area contributed by atoms with E-state index in [1.54, 1.807) is 6.07 Å². The third-order valence-corrected chi connectivity index (χ3v) is 6.31. The maximum Gasteiger partial charge on any atom is 0.345 e. The van der Waals surface area contributed by atoms with Gasteiger partial charge in [0.25, 0.3) is 0 Å². The first-order chi connectivity index (χ1) is 13.6. The highest BCUT2D eigenvalue weighted by Gasteiger charge is 2.25. The summed E-state index contributed by atoms with van der Waals surface area (Å²) in [5.41, 5.74) is 2.02. The van der Waals surface area contributed by atoms with E-state index in [9.17, 15) is 9.59 Å². The number of likely N-dealkylation sites (tertiary alicyclic amines) is 1. The minimum absolute atomic E-state index is 0.0137. The first-order valence-electron chi connectivity index (χ1n) is 9.42. The minimum Gasteiger partial charge on any atom is -0.477 e. The van der Waals surface area contributed by atoms with Crippen LogP contribution in [0.25, 0.3) is 10.1 Å². The van der Waals surface area contributed by atoms with Crippen molar-refractivity contribution in [2.45, 2.75) is 19.4 Å². The van der Waals surface area contributed by atoms with Gasteiger partial charge in [-0.1, -0.05) is 30.3 Å². The number of carboxylic acids is 1. The van der Waals surface area contributed by atoms with Crippen molar-refractivity contribution in [3.05, 3.63) is 65.0 Å². The summed E-state index contributed by atoms with van der Waals surface area (Å²) in [6.07, 6.45) is 1.70. The standard InChI is InChI=1S/C22H22N2O3S/c25-21(16-8-10-24(11-9-16)14-15-4-2-1-3-5-15)23-18-6-7-19-17(12-18)13-20(28-19)22(26)27/h1-7,12-13,16H,8-11,14H2,(H,23,25)(H,26,27). The number of hydrogen-bond donors (Lipinski definition) is 2. The molecule has 0 saturated carbocycles. The zero-order valence-electron chi connectivity index (χ0n) is 15.4. The van der Waals surface area contributed by atoms with Crippen molar-refractivity contribution in [1.29, 1.82) is 0 Å². The van der Waals surface area contributed by atoms with E-state index in [0.29, 0.717) is 4.88 Å². The molecule has 2 heterocycles. The Labute approximate surface area is 167 Å². The Bertz CT molecular complexity index is 991. The first kappa shape index (κ1) is 18.7. The van der Waals surface area contributed by atoms with Crippen molar-refractivity contribution < 1.29 is 14.7 Å². The lowest BCUT2D eigenvalue weighted by Crippen LogP contribution is -2.37. The second-order valence-corrected chi connectivity index (χ2v) is 8.28. The Balaban J connectivity index is 1.34. The van der Waals surface area contributed by atoms with Crippen LogP contribution in [0.1, 0.15) is 28.1 Å². The zero-order chi connectivity index (χ0) is 19.5. The molecule has 5 nitrogen and oxygen atoms in total. The smallest absolute Gasteiger partial charge is 0.345 e. The van der Waals surface area contributed by atoms with E-state index < -0.39 is 5.97 Å². The van der Waals surface area contributed by atoms with Crippen molar-refractivity contribution in [2.75, 3.05) is 18.4 Å². The summed E-state index contributed by atoms with van der Waals surface area (Å²) < 4.78 is 0.907. The highest BCUT2D eigenvalue weighted by atomic mass is 32.1. The summed E-state index contributed by atoms with van der Waals surface area (Å²) in [6, 6.07) is 17.6. The number of anilines is 1. The van der Waals surface area contributed by atoms with Crippen LogP contribution >= 0.6 is 11.3 Å². The van der Waals surface area contributed by atoms with Crippen molar-refractivity contribution in [3.8, 4) is 0 Å². The van der Waals surface area contributed by atoms with Gasteiger partial charge in [-0.2, -0.15) is 0 Å². The molecular weight excluding hydrogens is 372 g/mol. The lowest BCUT2D eigenvalue weighted by atomic mass is 9.95. The normalized spacial score (nSPS) is 15.6. The van der Waals surface area contributed by atoms with Gasteiger partial charge in [-0.3, -0.25) is 9.69 Å². The van der Waals surface area contributed by atoms with Crippen LogP contribution in [-0.2, 0) is 11.3 Å². The van der Waals surface area contributed by atoms with E-state index in [1.807, 2.05) is 24.3 Å². The highest BCUT2D eigenvalue weighted by Crippen LogP contribution is 2.29. The molecule has 6 heteroatoms. The number of fused-ring (bicyclic) bond motifs is 1. The number of benzene rings is 2. The molecule has 144 valence electrons. The van der Waals surface area contributed by atoms with Crippen LogP contribution < -0.4 is 5.32 Å². The molecule has 1 aliphatic heterocycles. The average Bonchev–Trinajstić information content (AvgIpc) is 3.13. The largest absolute Gasteiger partial charge is 0.477 e. The molecular formula is C22H22N2O3S. The number of thiophene rings is 1. The third kappa shape index (κ3) is 4.24. The molecule has 1 saturated heterocycles. The van der Waals surface area contributed by atoms with Gasteiger partial charge in [-0.05, 0) is 61.1 Å². The second-order valence-electron chi connectivity index (χ2n) is 7.19. The molecule has 1 fully saturated rings. The van der Waals surface area contributed by atoms with E-state index in [1.165, 1.54) is 16.9 Å². The number of aromatic carboxylic acids is 1. The minimum atomic E-state index is -0.922. The van der Waals surface area contributed by atoms with Gasteiger partial charge in [0, 0.05) is 22.8 Å². The number of rotatable bonds is 5. The number of carboxylic acid groups (broad SMARTS) is 1. The third-order valence-electron chi connectivity index (χ3n) is 5.20. The van der Waals surface area contributed by atoms with Gasteiger partial charge in [0.1, 0.15) is 4.88 Å². The lowest BCUT2D eigenvalue weighted by Gasteiger charge is -2.31. The van der Waals surface area contributed by atoms with Crippen molar-refractivity contribution >= 4 is 39.0 Å². The zero-order valence-corrected chi connectivity index (χ0v) is 16.2. The molecule has 0 spiro atoms. The molecule has 28 heavy (non-hydrogen) atoms. The first-order valence-corrected chi connectivity index (χ1v) is 10.2. The lowest BCUT2D eigenvalue weighted by molar-refractivity contribution is -0.121. The summed E-state index contributed by atoms with van der Waals surface area (Å²) in [5, 5.41) is 13.0. The van der Waals surface area contributed by atoms with Crippen LogP contribution in [0.2, 0.25) is 0 Å². The van der Waals surface area contributed by atoms with Gasteiger partial charge >= 0.3 is 5.97 Å². The fraction of sp³-hybridized carbons (Fsp3) is 0.273. The Hall–Kier alpha value is -2.70. The maximum absolute atomic E-state index is 12.7. The Morgan fingerprint density at radius 1 is 1.07 bits per heavy atom. The van der Waals surface area contributed by atoms with Crippen LogP contribution in [0.3, 0.4) is 0 Å². The summed E-state index contributed by atoms with van der Waals surface area (Å²) in [7, 11) is 0. The molecule has 0 atom stereocenters. The monoisotopic (exact) mass is 394 g/mol. The summed E-state index contributed by atoms with van der Waals surface area (Å²) in [6.45, 7) is 2.76. The number of carbonyl (C=O) groups is 2. The second kappa shape index (κ2) is 8.12. The number of nitrogens with one attached hydrogen (secondary N) is 1. The molecule has 0 unspecified atom stereocenters. The van der Waals surface area contributed by atoms with Crippen LogP contribution in [-0.4, -0.2) is 35.0 Å². The number of hydrogen-bond acceptors (Lipinski definition) is 4. The van der Waals surface area contributed by atoms with Gasteiger partial charge in [0.05, 0.1) is 0 Å². The molecule has 0 radical (unpaired) electrons. The predicted octanol–water partition coefficient (Wildman–Crippen LogP) is 4.45. The van der Waals surface area contributed by atoms with Crippen molar-refractivity contribution in [3.63, 3.8) is 0 Å². The summed E-state index contributed by atoms with van der Waals surface area (Å²) in [4.78, 5) is 26.5. The van der Waals surface area contributed by atoms with Gasteiger partial charge in [0.2, 0.25) is 5.91 Å². The van der Waals surface area contributed by atoms with Crippen LogP contribution in [0.15, 0.2) is 54.6 Å². The van der Waals surface area contributed by atoms with Gasteiger partial charge in [0.15, 0.2) is 0 Å². The number of amides is 1. The fourth-order valence-corrected chi connectivity index (χ4v) is 4.55. The van der Waals surface area contributed by atoms with Crippen LogP contribution in [0, 0.1) is 5.92 Å². The number of nitrogens with zero attached hydrogens (tertiary/aromatic N) is 1. The molecule has 1 aliphatic rings. The van der Waals surface area contributed by atoms with E-state index in [-0.39, 0.29) is 11.8 Å². The Morgan fingerprint density at radius 2 is 1.82 bits per heavy atom. The molecule has 1 amide bonds. The predicted molar refractivity (Wildman–Crippen MR) is 112 cm³/mol. The van der Waals surface area contributed by atoms with Gasteiger partial charge < -0.3 is 10.4 Å². The maximum atomic E-state index is 12.7. The fourth-order valence-electron chi connectivity index (χ4n) is 3.67. The summed E-state index contributed by atoms with van der Waals surface area (Å²) >= 11 is 1.24. The molecule has 2 aromatic carbocycles. The van der Waals surface area contributed by atoms with Crippen LogP contribution in [0.4, 0.5) is 5.69 Å². The highest BCUT2D eigenvalue weighted by molar-refractivity contribution is 7.20. The average molecular weight is 394 g/mol. The van der Waals surface area contributed by atoms with Gasteiger partial charge in [-0.25, -0.2) is 4.79 Å². The molecule has 1 aromatic heterocycles. The van der Waals surface area contributed by atoms with E-state index >= 15 is 0 Å². The van der Waals surface area contributed by atoms with Crippen molar-refractivity contribution in [2.24, 2.45) is 5.92 Å². The SMILES string of the molecule is O=C(O)c1cc2cc(NC(=O)C3CCN(Cc4ccccc4)CC3)ccc2s1. The molecule has 0 aliphatic carbocycles. The number of carbonyl (C=O) groups excluding carboxylic acids is 1. The molecule has 4 rings (SSSR count).